The van der Waals surface area contributed by atoms with Crippen LogP contribution in [0.5, 0.6) is 0 Å². The Balaban J connectivity index is 2.74. The second-order valence-corrected chi connectivity index (χ2v) is 5.30. The number of nitrogens with one attached hydrogen (secondary N) is 1. The first-order valence-corrected chi connectivity index (χ1v) is 5.66. The van der Waals surface area contributed by atoms with Crippen molar-refractivity contribution in [3.05, 3.63) is 34.1 Å². The van der Waals surface area contributed by atoms with E-state index in [1.54, 1.807) is 6.92 Å². The Bertz CT molecular complexity index is 489. The van der Waals surface area contributed by atoms with E-state index in [0.717, 1.165) is 16.8 Å². The Hall–Kier alpha value is -1.02. The number of hydrogen-bond donors (Lipinski definition) is 1. The summed E-state index contributed by atoms with van der Waals surface area (Å²) in [5.41, 5.74) is 3.28. The molecule has 16 heavy (non-hydrogen) atoms. The number of benzene rings is 1. The summed E-state index contributed by atoms with van der Waals surface area (Å²) in [5.74, 6) is -0.262. The van der Waals surface area contributed by atoms with Crippen LogP contribution in [0.1, 0.15) is 31.9 Å². The molecule has 1 aromatic rings. The first-order valence-electron chi connectivity index (χ1n) is 5.28. The van der Waals surface area contributed by atoms with Gasteiger partial charge in [-0.1, -0.05) is 17.7 Å². The standard InChI is InChI=1S/C13H15ClFN/c1-7-6-13(3,4)16-12-8(2)10(15)5-9(14)11(7)12/h5-6,16H,1-4H3. The molecule has 1 N–H and O–H groups in total. The molecule has 0 radical (unpaired) electrons. The van der Waals surface area contributed by atoms with Crippen LogP contribution in [0.25, 0.3) is 5.57 Å². The molecule has 0 fully saturated rings. The maximum absolute atomic E-state index is 13.6. The van der Waals surface area contributed by atoms with Crippen LogP contribution in [0.4, 0.5) is 10.1 Å². The number of fused-ring (bicyclic) bond motifs is 1. The Labute approximate surface area is 100 Å². The third kappa shape index (κ3) is 1.71. The molecule has 1 nitrogen and oxygen atoms in total. The number of rotatable bonds is 0. The molecule has 1 aromatic carbocycles. The van der Waals surface area contributed by atoms with Crippen molar-refractivity contribution in [2.24, 2.45) is 0 Å². The second-order valence-electron chi connectivity index (χ2n) is 4.89. The molecule has 0 saturated heterocycles. The predicted molar refractivity (Wildman–Crippen MR) is 67.5 cm³/mol. The summed E-state index contributed by atoms with van der Waals surface area (Å²) in [6, 6.07) is 1.38. The lowest BCUT2D eigenvalue weighted by atomic mass is 9.89. The van der Waals surface area contributed by atoms with Gasteiger partial charge < -0.3 is 5.32 Å². The van der Waals surface area contributed by atoms with Gasteiger partial charge in [0.15, 0.2) is 0 Å². The lowest BCUT2D eigenvalue weighted by molar-refractivity contribution is 0.616. The molecule has 0 aliphatic carbocycles. The summed E-state index contributed by atoms with van der Waals surface area (Å²) in [4.78, 5) is 0. The normalized spacial score (nSPS) is 17.5. The molecule has 3 heteroatoms. The zero-order valence-corrected chi connectivity index (χ0v) is 10.7. The molecule has 1 heterocycles. The topological polar surface area (TPSA) is 12.0 Å². The number of halogens is 2. The molecular weight excluding hydrogens is 225 g/mol. The molecule has 0 atom stereocenters. The number of anilines is 1. The fraction of sp³-hybridized carbons (Fsp3) is 0.385. The minimum absolute atomic E-state index is 0.168. The summed E-state index contributed by atoms with van der Waals surface area (Å²) in [7, 11) is 0. The molecule has 0 bridgehead atoms. The molecule has 0 aromatic heterocycles. The van der Waals surface area contributed by atoms with Crippen LogP contribution < -0.4 is 5.32 Å². The van der Waals surface area contributed by atoms with E-state index >= 15 is 0 Å². The fourth-order valence-electron chi connectivity index (χ4n) is 2.23. The van der Waals surface area contributed by atoms with Crippen LogP contribution in [0.15, 0.2) is 12.1 Å². The van der Waals surface area contributed by atoms with E-state index in [0.29, 0.717) is 10.6 Å². The first-order chi connectivity index (χ1) is 7.32. The van der Waals surface area contributed by atoms with E-state index < -0.39 is 0 Å². The van der Waals surface area contributed by atoms with Gasteiger partial charge in [-0.2, -0.15) is 0 Å². The second kappa shape index (κ2) is 3.49. The van der Waals surface area contributed by atoms with Crippen molar-refractivity contribution in [3.8, 4) is 0 Å². The lowest BCUT2D eigenvalue weighted by Crippen LogP contribution is -2.32. The van der Waals surface area contributed by atoms with Gasteiger partial charge in [0.05, 0.1) is 10.6 Å². The van der Waals surface area contributed by atoms with E-state index in [2.05, 4.69) is 25.2 Å². The summed E-state index contributed by atoms with van der Waals surface area (Å²) in [6.07, 6.45) is 2.11. The van der Waals surface area contributed by atoms with Crippen LogP contribution in [-0.2, 0) is 0 Å². The minimum Gasteiger partial charge on any atom is -0.376 e. The van der Waals surface area contributed by atoms with Gasteiger partial charge in [-0.3, -0.25) is 0 Å². The quantitative estimate of drug-likeness (QED) is 0.708. The molecule has 1 aliphatic rings. The van der Waals surface area contributed by atoms with E-state index in [9.17, 15) is 4.39 Å². The van der Waals surface area contributed by atoms with E-state index in [1.165, 1.54) is 6.07 Å². The zero-order valence-electron chi connectivity index (χ0n) is 9.91. The average molecular weight is 240 g/mol. The van der Waals surface area contributed by atoms with Gasteiger partial charge in [-0.15, -0.1) is 0 Å². The van der Waals surface area contributed by atoms with Crippen molar-refractivity contribution in [1.29, 1.82) is 0 Å². The molecular formula is C13H15ClFN. The largest absolute Gasteiger partial charge is 0.376 e. The van der Waals surface area contributed by atoms with Crippen LogP contribution >= 0.6 is 11.6 Å². The summed E-state index contributed by atoms with van der Waals surface area (Å²) >= 11 is 6.09. The molecule has 0 unspecified atom stereocenters. The highest BCUT2D eigenvalue weighted by Gasteiger charge is 2.26. The summed E-state index contributed by atoms with van der Waals surface area (Å²) < 4.78 is 13.6. The van der Waals surface area contributed by atoms with Gasteiger partial charge in [0.1, 0.15) is 5.82 Å². The third-order valence-electron chi connectivity index (χ3n) is 2.89. The smallest absolute Gasteiger partial charge is 0.129 e. The summed E-state index contributed by atoms with van der Waals surface area (Å²) in [5, 5.41) is 3.78. The van der Waals surface area contributed by atoms with E-state index in [1.807, 2.05) is 6.92 Å². The lowest BCUT2D eigenvalue weighted by Gasteiger charge is -2.33. The molecule has 0 spiro atoms. The zero-order chi connectivity index (χ0) is 12.1. The predicted octanol–water partition coefficient (Wildman–Crippen LogP) is 4.39. The molecule has 1 aliphatic heterocycles. The minimum atomic E-state index is -0.262. The summed E-state index contributed by atoms with van der Waals surface area (Å²) in [6.45, 7) is 7.88. The van der Waals surface area contributed by atoms with Crippen molar-refractivity contribution >= 4 is 22.9 Å². The maximum atomic E-state index is 13.6. The molecule has 0 amide bonds. The number of allylic oxidation sites excluding steroid dienone is 1. The van der Waals surface area contributed by atoms with Gasteiger partial charge in [0.25, 0.3) is 0 Å². The van der Waals surface area contributed by atoms with Crippen LogP contribution in [0.3, 0.4) is 0 Å². The third-order valence-corrected chi connectivity index (χ3v) is 3.19. The van der Waals surface area contributed by atoms with E-state index in [4.69, 9.17) is 11.6 Å². The highest BCUT2D eigenvalue weighted by molar-refractivity contribution is 6.33. The van der Waals surface area contributed by atoms with Crippen LogP contribution in [0.2, 0.25) is 5.02 Å². The van der Waals surface area contributed by atoms with Gasteiger partial charge in [0, 0.05) is 16.8 Å². The first kappa shape index (κ1) is 11.5. The Morgan fingerprint density at radius 2 is 1.94 bits per heavy atom. The van der Waals surface area contributed by atoms with Crippen molar-refractivity contribution in [1.82, 2.24) is 0 Å². The van der Waals surface area contributed by atoms with Gasteiger partial charge in [-0.25, -0.2) is 4.39 Å². The highest BCUT2D eigenvalue weighted by atomic mass is 35.5. The fourth-order valence-corrected chi connectivity index (χ4v) is 2.57. The SMILES string of the molecule is CC1=CC(C)(C)Nc2c(C)c(F)cc(Cl)c21. The van der Waals surface area contributed by atoms with E-state index in [-0.39, 0.29) is 11.4 Å². The maximum Gasteiger partial charge on any atom is 0.129 e. The number of hydrogen-bond acceptors (Lipinski definition) is 1. The van der Waals surface area contributed by atoms with Gasteiger partial charge in [0.2, 0.25) is 0 Å². The molecule has 0 saturated carbocycles. The Morgan fingerprint density at radius 3 is 2.56 bits per heavy atom. The van der Waals surface area contributed by atoms with Gasteiger partial charge in [-0.05, 0) is 39.3 Å². The molecule has 2 rings (SSSR count). The van der Waals surface area contributed by atoms with Crippen molar-refractivity contribution < 1.29 is 4.39 Å². The van der Waals surface area contributed by atoms with Crippen molar-refractivity contribution in [3.63, 3.8) is 0 Å². The monoisotopic (exact) mass is 239 g/mol. The van der Waals surface area contributed by atoms with Gasteiger partial charge >= 0.3 is 0 Å². The highest BCUT2D eigenvalue weighted by Crippen LogP contribution is 2.40. The average Bonchev–Trinajstić information content (AvgIpc) is 2.11. The Morgan fingerprint density at radius 1 is 1.31 bits per heavy atom. The van der Waals surface area contributed by atoms with Crippen molar-refractivity contribution in [2.45, 2.75) is 33.2 Å². The van der Waals surface area contributed by atoms with Crippen LogP contribution in [-0.4, -0.2) is 5.54 Å². The van der Waals surface area contributed by atoms with Crippen molar-refractivity contribution in [2.75, 3.05) is 5.32 Å². The molecule has 86 valence electrons. The van der Waals surface area contributed by atoms with Crippen LogP contribution in [0, 0.1) is 12.7 Å². The Kier molecular flexibility index (Phi) is 2.50.